The molecule has 0 spiro atoms. The average molecular weight is 316 g/mol. The van der Waals surface area contributed by atoms with Gasteiger partial charge < -0.3 is 9.80 Å². The molecular weight excluding hydrogens is 284 g/mol. The van der Waals surface area contributed by atoms with Crippen LogP contribution in [0.1, 0.15) is 44.6 Å². The first kappa shape index (κ1) is 16.7. The second-order valence-electron chi connectivity index (χ2n) is 7.69. The van der Waals surface area contributed by atoms with Crippen molar-refractivity contribution in [2.45, 2.75) is 51.1 Å². The number of nitrogens with zero attached hydrogens (tertiary/aromatic N) is 4. The second kappa shape index (κ2) is 7.18. The van der Waals surface area contributed by atoms with E-state index in [4.69, 9.17) is 0 Å². The molecule has 0 N–H and O–H groups in total. The summed E-state index contributed by atoms with van der Waals surface area (Å²) in [6.45, 7) is 9.18. The first-order chi connectivity index (χ1) is 11.0. The van der Waals surface area contributed by atoms with Gasteiger partial charge in [-0.3, -0.25) is 4.90 Å². The molecule has 0 radical (unpaired) electrons. The minimum absolute atomic E-state index is 0.556. The molecule has 1 unspecified atom stereocenters. The Labute approximate surface area is 141 Å². The molecule has 2 aliphatic heterocycles. The molecule has 3 heterocycles. The number of likely N-dealkylation sites (tertiary alicyclic amines) is 1. The predicted molar refractivity (Wildman–Crippen MR) is 97.2 cm³/mol. The SMILES string of the molecule is CC(C)c1ccc(N2CCC(N(C)C3CCN(C)C3)CC2)nc1. The van der Waals surface area contributed by atoms with Crippen molar-refractivity contribution in [2.24, 2.45) is 0 Å². The predicted octanol–water partition coefficient (Wildman–Crippen LogP) is 2.81. The van der Waals surface area contributed by atoms with Gasteiger partial charge in [0.1, 0.15) is 5.82 Å². The summed E-state index contributed by atoms with van der Waals surface area (Å²) in [5, 5.41) is 0. The van der Waals surface area contributed by atoms with Gasteiger partial charge in [-0.2, -0.15) is 0 Å². The van der Waals surface area contributed by atoms with Gasteiger partial charge in [-0.05, 0) is 57.5 Å². The molecule has 2 saturated heterocycles. The normalized spacial score (nSPS) is 24.1. The van der Waals surface area contributed by atoms with Crippen LogP contribution in [0.25, 0.3) is 0 Å². The topological polar surface area (TPSA) is 22.6 Å². The molecule has 0 amide bonds. The van der Waals surface area contributed by atoms with E-state index in [-0.39, 0.29) is 0 Å². The molecule has 4 heteroatoms. The molecule has 1 aromatic heterocycles. The summed E-state index contributed by atoms with van der Waals surface area (Å²) in [5.41, 5.74) is 1.33. The Balaban J connectivity index is 1.53. The molecule has 23 heavy (non-hydrogen) atoms. The summed E-state index contributed by atoms with van der Waals surface area (Å²) in [7, 11) is 4.57. The largest absolute Gasteiger partial charge is 0.357 e. The van der Waals surface area contributed by atoms with Crippen LogP contribution in [0, 0.1) is 0 Å². The fraction of sp³-hybridized carbons (Fsp3) is 0.737. The molecule has 4 nitrogen and oxygen atoms in total. The van der Waals surface area contributed by atoms with Crippen LogP contribution in [0.2, 0.25) is 0 Å². The number of hydrogen-bond acceptors (Lipinski definition) is 4. The lowest BCUT2D eigenvalue weighted by atomic mass is 10.0. The fourth-order valence-corrected chi connectivity index (χ4v) is 3.97. The maximum Gasteiger partial charge on any atom is 0.128 e. The summed E-state index contributed by atoms with van der Waals surface area (Å²) >= 11 is 0. The van der Waals surface area contributed by atoms with Gasteiger partial charge in [0, 0.05) is 37.9 Å². The van der Waals surface area contributed by atoms with Crippen molar-refractivity contribution >= 4 is 5.82 Å². The van der Waals surface area contributed by atoms with Crippen LogP contribution in [-0.4, -0.2) is 67.1 Å². The van der Waals surface area contributed by atoms with E-state index in [1.54, 1.807) is 0 Å². The Morgan fingerprint density at radius 3 is 2.30 bits per heavy atom. The van der Waals surface area contributed by atoms with Crippen molar-refractivity contribution in [1.82, 2.24) is 14.8 Å². The molecule has 0 aromatic carbocycles. The quantitative estimate of drug-likeness (QED) is 0.852. The molecule has 1 atom stereocenters. The van der Waals surface area contributed by atoms with Gasteiger partial charge in [-0.25, -0.2) is 4.98 Å². The van der Waals surface area contributed by atoms with Crippen LogP contribution in [0.3, 0.4) is 0 Å². The first-order valence-corrected chi connectivity index (χ1v) is 9.16. The molecule has 128 valence electrons. The van der Waals surface area contributed by atoms with Crippen LogP contribution in [0.15, 0.2) is 18.3 Å². The average Bonchev–Trinajstić information content (AvgIpc) is 3.01. The lowest BCUT2D eigenvalue weighted by molar-refractivity contribution is 0.151. The van der Waals surface area contributed by atoms with Gasteiger partial charge in [-0.1, -0.05) is 19.9 Å². The third-order valence-corrected chi connectivity index (χ3v) is 5.74. The number of rotatable bonds is 4. The van der Waals surface area contributed by atoms with Gasteiger partial charge >= 0.3 is 0 Å². The van der Waals surface area contributed by atoms with Gasteiger partial charge in [-0.15, -0.1) is 0 Å². The van der Waals surface area contributed by atoms with Gasteiger partial charge in [0.25, 0.3) is 0 Å². The summed E-state index contributed by atoms with van der Waals surface area (Å²) in [5.74, 6) is 1.71. The number of piperidine rings is 1. The third kappa shape index (κ3) is 3.86. The summed E-state index contributed by atoms with van der Waals surface area (Å²) in [6.07, 6.45) is 5.88. The van der Waals surface area contributed by atoms with Crippen molar-refractivity contribution in [3.8, 4) is 0 Å². The highest BCUT2D eigenvalue weighted by Gasteiger charge is 2.30. The number of pyridine rings is 1. The van der Waals surface area contributed by atoms with Crippen molar-refractivity contribution < 1.29 is 0 Å². The van der Waals surface area contributed by atoms with Crippen LogP contribution in [0.4, 0.5) is 5.82 Å². The maximum absolute atomic E-state index is 4.69. The van der Waals surface area contributed by atoms with Crippen molar-refractivity contribution in [1.29, 1.82) is 0 Å². The lowest BCUT2D eigenvalue weighted by Gasteiger charge is -2.39. The fourth-order valence-electron chi connectivity index (χ4n) is 3.97. The smallest absolute Gasteiger partial charge is 0.128 e. The van der Waals surface area contributed by atoms with E-state index in [1.165, 1.54) is 37.9 Å². The zero-order chi connectivity index (χ0) is 16.4. The number of likely N-dealkylation sites (N-methyl/N-ethyl adjacent to an activating group) is 2. The Morgan fingerprint density at radius 2 is 1.78 bits per heavy atom. The van der Waals surface area contributed by atoms with E-state index in [0.717, 1.165) is 31.0 Å². The van der Waals surface area contributed by atoms with E-state index < -0.39 is 0 Å². The summed E-state index contributed by atoms with van der Waals surface area (Å²) in [4.78, 5) is 12.2. The minimum Gasteiger partial charge on any atom is -0.357 e. The van der Waals surface area contributed by atoms with E-state index in [9.17, 15) is 0 Å². The van der Waals surface area contributed by atoms with E-state index in [0.29, 0.717) is 5.92 Å². The Hall–Kier alpha value is -1.13. The molecule has 0 aliphatic carbocycles. The summed E-state index contributed by atoms with van der Waals surface area (Å²) < 4.78 is 0. The monoisotopic (exact) mass is 316 g/mol. The van der Waals surface area contributed by atoms with Gasteiger partial charge in [0.15, 0.2) is 0 Å². The molecule has 3 rings (SSSR count). The molecular formula is C19H32N4. The second-order valence-corrected chi connectivity index (χ2v) is 7.69. The number of hydrogen-bond donors (Lipinski definition) is 0. The van der Waals surface area contributed by atoms with Gasteiger partial charge in [0.05, 0.1) is 0 Å². The van der Waals surface area contributed by atoms with E-state index in [2.05, 4.69) is 59.8 Å². The highest BCUT2D eigenvalue weighted by Crippen LogP contribution is 2.25. The van der Waals surface area contributed by atoms with Crippen molar-refractivity contribution in [2.75, 3.05) is 45.2 Å². The standard InChI is InChI=1S/C19H32N4/c1-15(2)16-5-6-19(20-13-16)23-11-8-17(9-12-23)22(4)18-7-10-21(3)14-18/h5-6,13,15,17-18H,7-12,14H2,1-4H3. The van der Waals surface area contributed by atoms with Crippen molar-refractivity contribution in [3.05, 3.63) is 23.9 Å². The van der Waals surface area contributed by atoms with Crippen LogP contribution in [-0.2, 0) is 0 Å². The Morgan fingerprint density at radius 1 is 1.09 bits per heavy atom. The van der Waals surface area contributed by atoms with Gasteiger partial charge in [0.2, 0.25) is 0 Å². The maximum atomic E-state index is 4.69. The molecule has 1 aromatic rings. The minimum atomic E-state index is 0.556. The molecule has 2 fully saturated rings. The highest BCUT2D eigenvalue weighted by molar-refractivity contribution is 5.40. The Bertz CT molecular complexity index is 491. The van der Waals surface area contributed by atoms with E-state index in [1.807, 2.05) is 6.20 Å². The molecule has 0 saturated carbocycles. The Kier molecular flexibility index (Phi) is 5.22. The van der Waals surface area contributed by atoms with Crippen LogP contribution in [0.5, 0.6) is 0 Å². The lowest BCUT2D eigenvalue weighted by Crippen LogP contribution is -2.48. The van der Waals surface area contributed by atoms with Crippen LogP contribution >= 0.6 is 0 Å². The van der Waals surface area contributed by atoms with Crippen molar-refractivity contribution in [3.63, 3.8) is 0 Å². The number of aromatic nitrogens is 1. The third-order valence-electron chi connectivity index (χ3n) is 5.74. The first-order valence-electron chi connectivity index (χ1n) is 9.16. The molecule has 2 aliphatic rings. The summed E-state index contributed by atoms with van der Waals surface area (Å²) in [6, 6.07) is 5.92. The molecule has 0 bridgehead atoms. The zero-order valence-electron chi connectivity index (χ0n) is 15.2. The van der Waals surface area contributed by atoms with Crippen LogP contribution < -0.4 is 4.90 Å². The highest BCUT2D eigenvalue weighted by atomic mass is 15.3. The number of anilines is 1. The zero-order valence-corrected chi connectivity index (χ0v) is 15.2. The van der Waals surface area contributed by atoms with E-state index >= 15 is 0 Å².